The van der Waals surface area contributed by atoms with Crippen molar-refractivity contribution in [1.29, 1.82) is 0 Å². The highest BCUT2D eigenvalue weighted by molar-refractivity contribution is 6.04. The molecule has 1 saturated carbocycles. The number of carbonyl (C=O) groups excluding carboxylic acids is 1. The van der Waals surface area contributed by atoms with Gasteiger partial charge >= 0.3 is 5.97 Å². The lowest BCUT2D eigenvalue weighted by atomic mass is 9.85. The first-order valence-corrected chi connectivity index (χ1v) is 10.2. The molecule has 7 heteroatoms. The number of aliphatic hydroxyl groups excluding tert-OH is 1. The zero-order chi connectivity index (χ0) is 21.3. The third kappa shape index (κ3) is 3.21. The van der Waals surface area contributed by atoms with Gasteiger partial charge < -0.3 is 28.8 Å². The van der Waals surface area contributed by atoms with E-state index in [4.69, 9.17) is 23.7 Å². The highest BCUT2D eigenvalue weighted by atomic mass is 16.8. The van der Waals surface area contributed by atoms with Crippen molar-refractivity contribution in [2.45, 2.75) is 75.9 Å². The number of fused-ring (bicyclic) bond motifs is 4. The topological polar surface area (TPSA) is 83.5 Å². The van der Waals surface area contributed by atoms with Crippen LogP contribution in [0.3, 0.4) is 0 Å². The van der Waals surface area contributed by atoms with Gasteiger partial charge in [-0.15, -0.1) is 0 Å². The Kier molecular flexibility index (Phi) is 4.47. The number of aliphatic hydroxyl groups is 1. The molecule has 1 N–H and O–H groups in total. The summed E-state index contributed by atoms with van der Waals surface area (Å²) in [6, 6.07) is 13.1. The fraction of sp³-hybridized carbons (Fsp3) is 0.522. The average Bonchev–Trinajstić information content (AvgIpc) is 3.19. The van der Waals surface area contributed by atoms with Crippen LogP contribution in [-0.2, 0) is 23.7 Å². The van der Waals surface area contributed by atoms with Gasteiger partial charge in [0.15, 0.2) is 17.7 Å². The molecule has 2 saturated heterocycles. The maximum atomic E-state index is 13.1. The number of hydrogen-bond acceptors (Lipinski definition) is 7. The standard InChI is InChI=1S/C23H26O7/c1-22(2)27-17-15(24)16(18-20(19(17)29-22)30-23(3,4)28-18)26-21(25)14-11-7-9-12-8-5-6-10-13(12)14/h5-11,15-20,24H,1-4H3/t15-,16-,17+,18-,19-,20-/m1/s1. The van der Waals surface area contributed by atoms with Crippen molar-refractivity contribution in [2.75, 3.05) is 0 Å². The normalized spacial score (nSPS) is 36.3. The molecule has 6 atom stereocenters. The Hall–Kier alpha value is -2.03. The molecule has 160 valence electrons. The van der Waals surface area contributed by atoms with Crippen LogP contribution in [0.1, 0.15) is 38.1 Å². The number of rotatable bonds is 2. The van der Waals surface area contributed by atoms with Gasteiger partial charge in [-0.1, -0.05) is 36.4 Å². The molecule has 30 heavy (non-hydrogen) atoms. The van der Waals surface area contributed by atoms with E-state index in [1.165, 1.54) is 0 Å². The average molecular weight is 414 g/mol. The first-order chi connectivity index (χ1) is 14.2. The predicted molar refractivity (Wildman–Crippen MR) is 107 cm³/mol. The van der Waals surface area contributed by atoms with Crippen molar-refractivity contribution < 1.29 is 33.6 Å². The summed E-state index contributed by atoms with van der Waals surface area (Å²) >= 11 is 0. The lowest BCUT2D eigenvalue weighted by Gasteiger charge is -2.40. The molecular formula is C23H26O7. The van der Waals surface area contributed by atoms with Gasteiger partial charge in [0.1, 0.15) is 30.5 Å². The Bertz CT molecular complexity index is 979. The molecule has 0 unspecified atom stereocenters. The number of carbonyl (C=O) groups is 1. The van der Waals surface area contributed by atoms with Crippen LogP contribution < -0.4 is 0 Å². The second kappa shape index (κ2) is 6.73. The first kappa shape index (κ1) is 19.9. The summed E-state index contributed by atoms with van der Waals surface area (Å²) in [6.45, 7) is 7.14. The van der Waals surface area contributed by atoms with E-state index in [0.717, 1.165) is 10.8 Å². The predicted octanol–water partition coefficient (Wildman–Crippen LogP) is 2.78. The molecule has 0 amide bonds. The van der Waals surface area contributed by atoms with Crippen LogP contribution >= 0.6 is 0 Å². The molecule has 5 rings (SSSR count). The van der Waals surface area contributed by atoms with Crippen LogP contribution in [0.2, 0.25) is 0 Å². The largest absolute Gasteiger partial charge is 0.453 e. The van der Waals surface area contributed by atoms with Crippen LogP contribution in [0.25, 0.3) is 10.8 Å². The van der Waals surface area contributed by atoms with Crippen LogP contribution in [-0.4, -0.2) is 59.3 Å². The lowest BCUT2D eigenvalue weighted by molar-refractivity contribution is -0.185. The van der Waals surface area contributed by atoms with Crippen molar-refractivity contribution in [1.82, 2.24) is 0 Å². The monoisotopic (exact) mass is 414 g/mol. The second-order valence-corrected chi connectivity index (χ2v) is 9.02. The number of hydrogen-bond donors (Lipinski definition) is 1. The molecule has 0 spiro atoms. The fourth-order valence-corrected chi connectivity index (χ4v) is 4.77. The Labute approximate surface area is 174 Å². The van der Waals surface area contributed by atoms with Gasteiger partial charge in [0.05, 0.1) is 5.56 Å². The Morgan fingerprint density at radius 3 is 2.13 bits per heavy atom. The third-order valence-electron chi connectivity index (χ3n) is 5.90. The zero-order valence-corrected chi connectivity index (χ0v) is 17.4. The fourth-order valence-electron chi connectivity index (χ4n) is 4.77. The highest BCUT2D eigenvalue weighted by Gasteiger charge is 2.64. The lowest BCUT2D eigenvalue weighted by Crippen LogP contribution is -2.62. The summed E-state index contributed by atoms with van der Waals surface area (Å²) in [6.07, 6.45) is -4.48. The van der Waals surface area contributed by atoms with Gasteiger partial charge in [-0.3, -0.25) is 0 Å². The van der Waals surface area contributed by atoms with Gasteiger partial charge in [-0.05, 0) is 44.5 Å². The molecule has 7 nitrogen and oxygen atoms in total. The molecule has 0 bridgehead atoms. The Morgan fingerprint density at radius 2 is 1.40 bits per heavy atom. The van der Waals surface area contributed by atoms with E-state index in [0.29, 0.717) is 5.56 Å². The number of benzene rings is 2. The van der Waals surface area contributed by atoms with E-state index in [2.05, 4.69) is 0 Å². The van der Waals surface area contributed by atoms with Gasteiger partial charge in [0.25, 0.3) is 0 Å². The van der Waals surface area contributed by atoms with Crippen LogP contribution in [0.4, 0.5) is 0 Å². The summed E-state index contributed by atoms with van der Waals surface area (Å²) in [5, 5.41) is 12.8. The Morgan fingerprint density at radius 1 is 0.833 bits per heavy atom. The van der Waals surface area contributed by atoms with Crippen molar-refractivity contribution in [3.8, 4) is 0 Å². The Balaban J connectivity index is 1.48. The maximum Gasteiger partial charge on any atom is 0.339 e. The van der Waals surface area contributed by atoms with Crippen molar-refractivity contribution in [2.24, 2.45) is 0 Å². The SMILES string of the molecule is CC1(C)O[C@@H]2[C@H](O1)[C@H](OC(=O)c1cccc3ccccc13)[C@@H](O)[C@@H]1OC(C)(C)O[C@@H]21. The summed E-state index contributed by atoms with van der Waals surface area (Å²) < 4.78 is 29.9. The van der Waals surface area contributed by atoms with E-state index in [9.17, 15) is 9.90 Å². The van der Waals surface area contributed by atoms with E-state index in [1.54, 1.807) is 33.8 Å². The van der Waals surface area contributed by atoms with Crippen LogP contribution in [0, 0.1) is 0 Å². The number of ether oxygens (including phenoxy) is 5. The summed E-state index contributed by atoms with van der Waals surface area (Å²) in [7, 11) is 0. The molecule has 3 fully saturated rings. The van der Waals surface area contributed by atoms with Gasteiger partial charge in [-0.25, -0.2) is 4.79 Å². The smallest absolute Gasteiger partial charge is 0.339 e. The van der Waals surface area contributed by atoms with Gasteiger partial charge in [0, 0.05) is 0 Å². The molecule has 0 aromatic heterocycles. The minimum Gasteiger partial charge on any atom is -0.453 e. The number of esters is 1. The van der Waals surface area contributed by atoms with Crippen molar-refractivity contribution in [3.05, 3.63) is 48.0 Å². The van der Waals surface area contributed by atoms with E-state index in [-0.39, 0.29) is 0 Å². The van der Waals surface area contributed by atoms with E-state index in [1.807, 2.05) is 36.4 Å². The molecule has 3 aliphatic rings. The van der Waals surface area contributed by atoms with Gasteiger partial charge in [-0.2, -0.15) is 0 Å². The molecule has 2 aliphatic heterocycles. The molecule has 2 aromatic carbocycles. The minimum atomic E-state index is -1.12. The zero-order valence-electron chi connectivity index (χ0n) is 17.4. The second-order valence-electron chi connectivity index (χ2n) is 9.02. The molecule has 2 heterocycles. The third-order valence-corrected chi connectivity index (χ3v) is 5.90. The van der Waals surface area contributed by atoms with E-state index >= 15 is 0 Å². The van der Waals surface area contributed by atoms with Crippen molar-refractivity contribution >= 4 is 16.7 Å². The van der Waals surface area contributed by atoms with E-state index < -0.39 is 54.2 Å². The summed E-state index contributed by atoms with van der Waals surface area (Å²) in [4.78, 5) is 13.1. The quantitative estimate of drug-likeness (QED) is 0.757. The highest BCUT2D eigenvalue weighted by Crippen LogP contribution is 2.45. The summed E-state index contributed by atoms with van der Waals surface area (Å²) in [5.41, 5.74) is 0.432. The summed E-state index contributed by atoms with van der Waals surface area (Å²) in [5.74, 6) is -2.31. The van der Waals surface area contributed by atoms with Crippen LogP contribution in [0.5, 0.6) is 0 Å². The molecule has 1 aliphatic carbocycles. The molecule has 0 radical (unpaired) electrons. The van der Waals surface area contributed by atoms with Crippen molar-refractivity contribution in [3.63, 3.8) is 0 Å². The molecular weight excluding hydrogens is 388 g/mol. The van der Waals surface area contributed by atoms with Crippen LogP contribution in [0.15, 0.2) is 42.5 Å². The van der Waals surface area contributed by atoms with Gasteiger partial charge in [0.2, 0.25) is 0 Å². The maximum absolute atomic E-state index is 13.1. The first-order valence-electron chi connectivity index (χ1n) is 10.2. The molecule has 2 aromatic rings. The minimum absolute atomic E-state index is 0.432.